The lowest BCUT2D eigenvalue weighted by atomic mass is 9.96. The van der Waals surface area contributed by atoms with E-state index in [1.54, 1.807) is 0 Å². The first-order chi connectivity index (χ1) is 31.0. The van der Waals surface area contributed by atoms with E-state index in [9.17, 15) is 0 Å². The van der Waals surface area contributed by atoms with Gasteiger partial charge in [0.05, 0.1) is 16.6 Å². The Morgan fingerprint density at radius 1 is 0.365 bits per heavy atom. The summed E-state index contributed by atoms with van der Waals surface area (Å²) in [7, 11) is 0. The summed E-state index contributed by atoms with van der Waals surface area (Å²) >= 11 is 13.6. The Hall–Kier alpha value is -6.58. The van der Waals surface area contributed by atoms with Crippen LogP contribution < -0.4 is 31.8 Å². The molecule has 0 fully saturated rings. The van der Waals surface area contributed by atoms with E-state index in [0.717, 1.165) is 54.7 Å². The summed E-state index contributed by atoms with van der Waals surface area (Å²) in [5.74, 6) is 0. The highest BCUT2D eigenvalue weighted by Crippen LogP contribution is 2.46. The number of pyridine rings is 2. The van der Waals surface area contributed by atoms with Crippen LogP contribution in [-0.4, -0.2) is 14.4 Å². The van der Waals surface area contributed by atoms with E-state index in [-0.39, 0.29) is 0 Å². The van der Waals surface area contributed by atoms with E-state index in [2.05, 4.69) is 222 Å². The minimum absolute atomic E-state index is 0.940. The number of rotatable bonds is 7. The van der Waals surface area contributed by atoms with Crippen LogP contribution in [0.4, 0.5) is 0 Å². The lowest BCUT2D eigenvalue weighted by molar-refractivity contribution is 1.32. The molecule has 1 unspecified atom stereocenters. The molecule has 9 aromatic carbocycles. The molecule has 0 saturated heterocycles. The van der Waals surface area contributed by atoms with E-state index in [1.165, 1.54) is 48.1 Å². The standard InChI is InChI=1S/C56H37N3P2S2/c62-60(43-13-4-1-5-14-43,44-15-6-2-7-16-44)48-26-29-52-54(37-48)59-53-36-42(24-27-50(53)55-49-19-11-10-12-38(49)23-28-51(55)56(59)58-52)39-20-21-41-35-47(25-22-40(41)34-39)61(63,45-17-8-3-9-18-45)46-30-32-57-33-31-46/h1-37H. The van der Waals surface area contributed by atoms with Gasteiger partial charge in [-0.2, -0.15) is 0 Å². The van der Waals surface area contributed by atoms with Gasteiger partial charge < -0.3 is 0 Å². The van der Waals surface area contributed by atoms with Crippen molar-refractivity contribution in [2.75, 3.05) is 0 Å². The van der Waals surface area contributed by atoms with Gasteiger partial charge in [0.25, 0.3) is 0 Å². The normalized spacial score (nSPS) is 13.0. The van der Waals surface area contributed by atoms with Crippen LogP contribution in [0.1, 0.15) is 0 Å². The van der Waals surface area contributed by atoms with Gasteiger partial charge in [0.1, 0.15) is 5.65 Å². The van der Waals surface area contributed by atoms with Gasteiger partial charge in [-0.15, -0.1) is 0 Å². The zero-order chi connectivity index (χ0) is 42.1. The van der Waals surface area contributed by atoms with Crippen LogP contribution in [0.25, 0.3) is 71.0 Å². The second kappa shape index (κ2) is 15.1. The Bertz CT molecular complexity index is 3770. The van der Waals surface area contributed by atoms with Gasteiger partial charge in [0.2, 0.25) is 0 Å². The van der Waals surface area contributed by atoms with Gasteiger partial charge >= 0.3 is 0 Å². The molecule has 298 valence electrons. The van der Waals surface area contributed by atoms with Crippen molar-refractivity contribution >= 4 is 127 Å². The van der Waals surface area contributed by atoms with Crippen molar-refractivity contribution in [2.45, 2.75) is 0 Å². The quantitative estimate of drug-likeness (QED) is 0.118. The number of nitrogens with zero attached hydrogens (tertiary/aromatic N) is 3. The molecule has 0 amide bonds. The van der Waals surface area contributed by atoms with Crippen molar-refractivity contribution in [3.8, 4) is 11.1 Å². The monoisotopic (exact) mass is 877 g/mol. The van der Waals surface area contributed by atoms with Crippen molar-refractivity contribution in [3.05, 3.63) is 225 Å². The summed E-state index contributed by atoms with van der Waals surface area (Å²) in [6.45, 7) is 0. The summed E-state index contributed by atoms with van der Waals surface area (Å²) in [5, 5.41) is 15.2. The van der Waals surface area contributed by atoms with Gasteiger partial charge in [-0.1, -0.05) is 187 Å². The van der Waals surface area contributed by atoms with Crippen molar-refractivity contribution in [1.29, 1.82) is 0 Å². The molecule has 0 spiro atoms. The molecule has 3 aromatic heterocycles. The van der Waals surface area contributed by atoms with Crippen LogP contribution >= 0.6 is 12.1 Å². The van der Waals surface area contributed by atoms with Crippen LogP contribution in [0.15, 0.2) is 225 Å². The van der Waals surface area contributed by atoms with Crippen molar-refractivity contribution in [2.24, 2.45) is 0 Å². The van der Waals surface area contributed by atoms with Crippen molar-refractivity contribution < 1.29 is 0 Å². The largest absolute Gasteiger partial charge is 0.292 e. The molecule has 12 aromatic rings. The molecule has 0 saturated carbocycles. The summed E-state index contributed by atoms with van der Waals surface area (Å²) in [6, 6.07) is 71.7. The highest BCUT2D eigenvalue weighted by Gasteiger charge is 2.27. The Morgan fingerprint density at radius 2 is 0.889 bits per heavy atom. The third-order valence-electron chi connectivity index (χ3n) is 12.6. The summed E-state index contributed by atoms with van der Waals surface area (Å²) in [4.78, 5) is 9.73. The fraction of sp³-hybridized carbons (Fsp3) is 0. The first kappa shape index (κ1) is 38.1. The van der Waals surface area contributed by atoms with E-state index in [1.807, 2.05) is 12.4 Å². The molecule has 63 heavy (non-hydrogen) atoms. The van der Waals surface area contributed by atoms with Gasteiger partial charge in [-0.3, -0.25) is 9.38 Å². The molecule has 0 aliphatic carbocycles. The molecule has 0 aliphatic heterocycles. The molecular weight excluding hydrogens is 841 g/mol. The highest BCUT2D eigenvalue weighted by atomic mass is 32.4. The Balaban J connectivity index is 1.07. The minimum atomic E-state index is -2.42. The molecule has 12 rings (SSSR count). The van der Waals surface area contributed by atoms with E-state index < -0.39 is 12.1 Å². The Kier molecular flexibility index (Phi) is 9.11. The maximum Gasteiger partial charge on any atom is 0.146 e. The first-order valence-electron chi connectivity index (χ1n) is 21.0. The van der Waals surface area contributed by atoms with Crippen LogP contribution in [0.5, 0.6) is 0 Å². The van der Waals surface area contributed by atoms with Gasteiger partial charge in [-0.05, 0) is 113 Å². The topological polar surface area (TPSA) is 30.2 Å². The number of imidazole rings is 1. The maximum atomic E-state index is 6.86. The predicted molar refractivity (Wildman–Crippen MR) is 278 cm³/mol. The zero-order valence-electron chi connectivity index (χ0n) is 33.9. The van der Waals surface area contributed by atoms with Crippen LogP contribution in [0.3, 0.4) is 0 Å². The number of hydrogen-bond acceptors (Lipinski definition) is 4. The minimum Gasteiger partial charge on any atom is -0.292 e. The van der Waals surface area contributed by atoms with E-state index >= 15 is 0 Å². The van der Waals surface area contributed by atoms with Crippen LogP contribution in [0.2, 0.25) is 0 Å². The van der Waals surface area contributed by atoms with Crippen molar-refractivity contribution in [1.82, 2.24) is 14.4 Å². The third-order valence-corrected chi connectivity index (χ3v) is 22.5. The Morgan fingerprint density at radius 3 is 1.59 bits per heavy atom. The second-order valence-corrected chi connectivity index (χ2v) is 24.9. The number of hydrogen-bond donors (Lipinski definition) is 0. The number of aromatic nitrogens is 3. The molecule has 3 heterocycles. The van der Waals surface area contributed by atoms with Crippen LogP contribution in [0, 0.1) is 0 Å². The van der Waals surface area contributed by atoms with Gasteiger partial charge in [0, 0.05) is 40.6 Å². The average Bonchev–Trinajstić information content (AvgIpc) is 3.76. The third kappa shape index (κ3) is 6.07. The zero-order valence-corrected chi connectivity index (χ0v) is 37.3. The number of benzene rings is 9. The smallest absolute Gasteiger partial charge is 0.146 e. The van der Waals surface area contributed by atoms with Crippen molar-refractivity contribution in [3.63, 3.8) is 0 Å². The highest BCUT2D eigenvalue weighted by molar-refractivity contribution is 8.26. The lowest BCUT2D eigenvalue weighted by Crippen LogP contribution is -2.24. The fourth-order valence-electron chi connectivity index (χ4n) is 9.51. The molecule has 0 aliphatic rings. The van der Waals surface area contributed by atoms with Crippen LogP contribution in [-0.2, 0) is 23.6 Å². The number of fused-ring (bicyclic) bond motifs is 11. The first-order valence-corrected chi connectivity index (χ1v) is 26.6. The summed E-state index contributed by atoms with van der Waals surface area (Å²) in [6.07, 6.45) is 3.70. The maximum absolute atomic E-state index is 6.86. The molecule has 7 heteroatoms. The fourth-order valence-corrected chi connectivity index (χ4v) is 17.0. The molecule has 0 radical (unpaired) electrons. The SMILES string of the molecule is S=P(c1ccccc1)(c1ccncc1)c1ccc2cc(-c3ccc4c5c6ccccc6ccc5c5nc6ccc(P(=S)(c7ccccc7)c7ccccc7)cc6n5c4c3)ccc2c1. The second-order valence-electron chi connectivity index (χ2n) is 16.1. The molecule has 1 atom stereocenters. The Labute approximate surface area is 375 Å². The van der Waals surface area contributed by atoms with E-state index in [0.29, 0.717) is 0 Å². The average molecular weight is 878 g/mol. The van der Waals surface area contributed by atoms with Gasteiger partial charge in [-0.25, -0.2) is 4.98 Å². The molecular formula is C56H37N3P2S2. The summed E-state index contributed by atoms with van der Waals surface area (Å²) in [5.41, 5.74) is 6.32. The lowest BCUT2D eigenvalue weighted by Gasteiger charge is -2.24. The molecule has 0 N–H and O–H groups in total. The predicted octanol–water partition coefficient (Wildman–Crippen LogP) is 11.7. The van der Waals surface area contributed by atoms with E-state index in [4.69, 9.17) is 28.6 Å². The van der Waals surface area contributed by atoms with Gasteiger partial charge in [0.15, 0.2) is 0 Å². The molecule has 0 bridgehead atoms. The molecule has 3 nitrogen and oxygen atoms in total. The summed E-state index contributed by atoms with van der Waals surface area (Å²) < 4.78 is 2.38.